The average Bonchev–Trinajstić information content (AvgIpc) is 2.99. The molecule has 4 atom stereocenters. The van der Waals surface area contributed by atoms with Gasteiger partial charge in [0, 0.05) is 0 Å². The minimum absolute atomic E-state index is 0.616. The third-order valence-electron chi connectivity index (χ3n) is 6.58. The smallest absolute Gasteiger partial charge is 0.0297 e. The summed E-state index contributed by atoms with van der Waals surface area (Å²) < 4.78 is 0. The van der Waals surface area contributed by atoms with Crippen LogP contribution in [0.25, 0.3) is 0 Å². The van der Waals surface area contributed by atoms with Gasteiger partial charge in [0.15, 0.2) is 0 Å². The van der Waals surface area contributed by atoms with Crippen LogP contribution in [0.3, 0.4) is 0 Å². The molecule has 2 rings (SSSR count). The van der Waals surface area contributed by atoms with Gasteiger partial charge in [0.05, 0.1) is 0 Å². The van der Waals surface area contributed by atoms with Crippen molar-refractivity contribution in [3.05, 3.63) is 0 Å². The topological polar surface area (TPSA) is 0 Å². The highest BCUT2D eigenvalue weighted by Gasteiger charge is 2.43. The first kappa shape index (κ1) is 15.4. The minimum atomic E-state index is 0.616. The Hall–Kier alpha value is 0. The van der Waals surface area contributed by atoms with Gasteiger partial charge in [-0.2, -0.15) is 0 Å². The van der Waals surface area contributed by atoms with Crippen LogP contribution in [0.1, 0.15) is 91.9 Å². The lowest BCUT2D eigenvalue weighted by Gasteiger charge is -2.38. The van der Waals surface area contributed by atoms with Crippen LogP contribution >= 0.6 is 0 Å². The largest absolute Gasteiger partial charge is 0.0654 e. The first-order valence-corrected chi connectivity index (χ1v) is 9.07. The minimum Gasteiger partial charge on any atom is -0.0654 e. The van der Waals surface area contributed by atoms with Gasteiger partial charge in [-0.05, 0) is 54.8 Å². The monoisotopic (exact) mass is 264 g/mol. The molecule has 0 radical (unpaired) electrons. The summed E-state index contributed by atoms with van der Waals surface area (Å²) in [7, 11) is 0. The van der Waals surface area contributed by atoms with Gasteiger partial charge in [-0.1, -0.05) is 66.2 Å². The molecule has 2 fully saturated rings. The molecular formula is C19H36. The molecule has 4 unspecified atom stereocenters. The van der Waals surface area contributed by atoms with E-state index in [9.17, 15) is 0 Å². The molecule has 19 heavy (non-hydrogen) atoms. The molecular weight excluding hydrogens is 228 g/mol. The van der Waals surface area contributed by atoms with E-state index in [0.29, 0.717) is 5.41 Å². The molecule has 0 aromatic carbocycles. The fraction of sp³-hybridized carbons (Fsp3) is 1.00. The van der Waals surface area contributed by atoms with Gasteiger partial charge < -0.3 is 0 Å². The Bertz CT molecular complexity index is 239. The molecule has 0 amide bonds. The van der Waals surface area contributed by atoms with Crippen LogP contribution in [0, 0.1) is 29.1 Å². The zero-order chi connectivity index (χ0) is 13.9. The van der Waals surface area contributed by atoms with Crippen LogP contribution in [0.15, 0.2) is 0 Å². The van der Waals surface area contributed by atoms with Gasteiger partial charge in [-0.3, -0.25) is 0 Å². The van der Waals surface area contributed by atoms with Gasteiger partial charge >= 0.3 is 0 Å². The molecule has 0 N–H and O–H groups in total. The summed E-state index contributed by atoms with van der Waals surface area (Å²) in [6, 6.07) is 0. The highest BCUT2D eigenvalue weighted by molar-refractivity contribution is 4.93. The van der Waals surface area contributed by atoms with Crippen LogP contribution in [-0.2, 0) is 0 Å². The lowest BCUT2D eigenvalue weighted by molar-refractivity contribution is 0.113. The van der Waals surface area contributed by atoms with Crippen molar-refractivity contribution in [2.45, 2.75) is 91.9 Å². The van der Waals surface area contributed by atoms with Crippen molar-refractivity contribution in [1.82, 2.24) is 0 Å². The van der Waals surface area contributed by atoms with E-state index in [1.165, 1.54) is 64.2 Å². The molecule has 0 spiro atoms. The van der Waals surface area contributed by atoms with E-state index in [0.717, 1.165) is 23.7 Å². The van der Waals surface area contributed by atoms with Gasteiger partial charge in [0.2, 0.25) is 0 Å². The highest BCUT2D eigenvalue weighted by atomic mass is 14.5. The Labute approximate surface area is 121 Å². The first-order chi connectivity index (χ1) is 9.07. The van der Waals surface area contributed by atoms with Crippen LogP contribution in [0.5, 0.6) is 0 Å². The van der Waals surface area contributed by atoms with Gasteiger partial charge in [-0.15, -0.1) is 0 Å². The molecule has 0 aromatic heterocycles. The standard InChI is InChI=1S/C19H36/c1-5-7-15-9-11-17(13-15)19(3,4)18-12-10-16(14-18)8-6-2/h15-18H,5-14H2,1-4H3. The van der Waals surface area contributed by atoms with Crippen LogP contribution in [-0.4, -0.2) is 0 Å². The van der Waals surface area contributed by atoms with Crippen LogP contribution in [0.4, 0.5) is 0 Å². The maximum absolute atomic E-state index is 2.60. The second kappa shape index (κ2) is 6.64. The van der Waals surface area contributed by atoms with E-state index in [1.807, 2.05) is 0 Å². The van der Waals surface area contributed by atoms with E-state index in [2.05, 4.69) is 27.7 Å². The Morgan fingerprint density at radius 3 is 1.53 bits per heavy atom. The highest BCUT2D eigenvalue weighted by Crippen LogP contribution is 2.53. The quantitative estimate of drug-likeness (QED) is 0.517. The number of hydrogen-bond donors (Lipinski definition) is 0. The SMILES string of the molecule is CCCC1CCC(C(C)(C)C2CCC(CCC)C2)C1. The Morgan fingerprint density at radius 2 is 1.16 bits per heavy atom. The van der Waals surface area contributed by atoms with Crippen LogP contribution < -0.4 is 0 Å². The molecule has 112 valence electrons. The molecule has 2 aliphatic carbocycles. The zero-order valence-electron chi connectivity index (χ0n) is 13.9. The third-order valence-corrected chi connectivity index (χ3v) is 6.58. The molecule has 2 saturated carbocycles. The fourth-order valence-electron chi connectivity index (χ4n) is 5.18. The first-order valence-electron chi connectivity index (χ1n) is 9.07. The van der Waals surface area contributed by atoms with Crippen molar-refractivity contribution < 1.29 is 0 Å². The van der Waals surface area contributed by atoms with Crippen molar-refractivity contribution in [2.24, 2.45) is 29.1 Å². The normalized spacial score (nSPS) is 36.0. The van der Waals surface area contributed by atoms with Gasteiger partial charge in [0.1, 0.15) is 0 Å². The Balaban J connectivity index is 1.88. The predicted octanol–water partition coefficient (Wildman–Crippen LogP) is 6.45. The third kappa shape index (κ3) is 3.56. The van der Waals surface area contributed by atoms with Crippen molar-refractivity contribution in [3.8, 4) is 0 Å². The summed E-state index contributed by atoms with van der Waals surface area (Å²) in [6.07, 6.45) is 14.9. The summed E-state index contributed by atoms with van der Waals surface area (Å²) in [5.41, 5.74) is 0.616. The molecule has 0 bridgehead atoms. The van der Waals surface area contributed by atoms with E-state index in [-0.39, 0.29) is 0 Å². The van der Waals surface area contributed by atoms with Crippen molar-refractivity contribution in [3.63, 3.8) is 0 Å². The van der Waals surface area contributed by atoms with E-state index < -0.39 is 0 Å². The molecule has 0 aromatic rings. The van der Waals surface area contributed by atoms with Crippen LogP contribution in [0.2, 0.25) is 0 Å². The fourth-order valence-corrected chi connectivity index (χ4v) is 5.18. The molecule has 0 heterocycles. The van der Waals surface area contributed by atoms with E-state index in [1.54, 1.807) is 0 Å². The van der Waals surface area contributed by atoms with Crippen molar-refractivity contribution >= 4 is 0 Å². The van der Waals surface area contributed by atoms with Gasteiger partial charge in [-0.25, -0.2) is 0 Å². The lowest BCUT2D eigenvalue weighted by atomic mass is 9.67. The van der Waals surface area contributed by atoms with Gasteiger partial charge in [0.25, 0.3) is 0 Å². The summed E-state index contributed by atoms with van der Waals surface area (Å²) in [6.45, 7) is 9.91. The number of hydrogen-bond acceptors (Lipinski definition) is 0. The van der Waals surface area contributed by atoms with Crippen molar-refractivity contribution in [1.29, 1.82) is 0 Å². The average molecular weight is 264 g/mol. The molecule has 0 aliphatic heterocycles. The zero-order valence-corrected chi connectivity index (χ0v) is 13.9. The molecule has 2 aliphatic rings. The Kier molecular flexibility index (Phi) is 5.37. The molecule has 0 heteroatoms. The van der Waals surface area contributed by atoms with Crippen molar-refractivity contribution in [2.75, 3.05) is 0 Å². The summed E-state index contributed by atoms with van der Waals surface area (Å²) in [4.78, 5) is 0. The lowest BCUT2D eigenvalue weighted by Crippen LogP contribution is -2.30. The second-order valence-electron chi connectivity index (χ2n) is 8.15. The maximum Gasteiger partial charge on any atom is -0.0297 e. The summed E-state index contributed by atoms with van der Waals surface area (Å²) in [5.74, 6) is 4.16. The van der Waals surface area contributed by atoms with E-state index >= 15 is 0 Å². The molecule has 0 nitrogen and oxygen atoms in total. The Morgan fingerprint density at radius 1 is 0.737 bits per heavy atom. The summed E-state index contributed by atoms with van der Waals surface area (Å²) in [5, 5.41) is 0. The second-order valence-corrected chi connectivity index (χ2v) is 8.15. The predicted molar refractivity (Wildman–Crippen MR) is 85.3 cm³/mol. The van der Waals surface area contributed by atoms with E-state index in [4.69, 9.17) is 0 Å². The maximum atomic E-state index is 2.60. The summed E-state index contributed by atoms with van der Waals surface area (Å²) >= 11 is 0. The number of rotatable bonds is 6. The molecule has 0 saturated heterocycles.